The number of benzene rings is 4. The van der Waals surface area contributed by atoms with E-state index in [0.717, 1.165) is 47.4 Å². The minimum absolute atomic E-state index is 0.00202. The molecular formula is C52H53Cl3F10N4O8. The van der Waals surface area contributed by atoms with Gasteiger partial charge < -0.3 is 24.2 Å². The van der Waals surface area contributed by atoms with Crippen LogP contribution in [0.4, 0.5) is 53.5 Å². The Kier molecular flexibility index (Phi) is 21.2. The number of ketones is 2. The Morgan fingerprint density at radius 2 is 0.974 bits per heavy atom. The topological polar surface area (TPSA) is 143 Å². The molecule has 2 saturated heterocycles. The van der Waals surface area contributed by atoms with Crippen molar-refractivity contribution in [2.45, 2.75) is 102 Å². The van der Waals surface area contributed by atoms with Crippen LogP contribution in [0.5, 0.6) is 0 Å². The molecule has 25 heteroatoms. The Morgan fingerprint density at radius 3 is 1.34 bits per heavy atom. The fourth-order valence-electron chi connectivity index (χ4n) is 7.61. The molecule has 12 nitrogen and oxygen atoms in total. The highest BCUT2D eigenvalue weighted by atomic mass is 35.5. The monoisotopic (exact) mass is 1160 g/mol. The first-order chi connectivity index (χ1) is 35.5. The SMILES string of the molecule is CC(C)(C)OC(=O)N1CC(C(=O)Cc2ccc(F)cc2F)(N(Cc2ccc(C(F)(F)F)cc2)C(=O)CCl)C1.CC(C)(C)OC(=O)N1CC(NCc2ccc(C(F)(F)F)cc2)(C(=O)Cc2ccc(F)cc2F)C1.O=C(Cl)CCl. The number of likely N-dealkylation sites (tertiary alicyclic amines) is 2. The van der Waals surface area contributed by atoms with E-state index in [0.29, 0.717) is 17.7 Å². The van der Waals surface area contributed by atoms with E-state index in [-0.39, 0.29) is 68.3 Å². The number of amides is 3. The molecule has 2 aliphatic rings. The third kappa shape index (κ3) is 18.0. The minimum atomic E-state index is -4.57. The summed E-state index contributed by atoms with van der Waals surface area (Å²) >= 11 is 15.4. The standard InChI is InChI=1S/C26H26ClF5N2O4.C24H25F5N2O3.C2H2Cl2O/c1-24(2,3)38-23(37)33-14-25(15-33,21(35)10-17-6-9-19(28)11-20(17)29)34(22(36)12-27)13-16-4-7-18(8-5-16)26(30,31)32;1-22(2,3)34-21(33)31-13-23(14-31,20(32)10-16-6-9-18(25)11-19(16)26)30-12-15-4-7-17(8-5-15)24(27,28)29;3-1-2(4)5/h4-9,11H,10,12-15H2,1-3H3;4-9,11,30H,10,12-14H2,1-3H3;1H2. The van der Waals surface area contributed by atoms with Crippen molar-refractivity contribution in [1.29, 1.82) is 0 Å². The van der Waals surface area contributed by atoms with Gasteiger partial charge in [0.2, 0.25) is 11.1 Å². The fraction of sp³-hybridized carbons (Fsp3) is 0.423. The zero-order valence-electron chi connectivity index (χ0n) is 42.2. The highest BCUT2D eigenvalue weighted by Crippen LogP contribution is 2.36. The fourth-order valence-corrected chi connectivity index (χ4v) is 7.75. The summed E-state index contributed by atoms with van der Waals surface area (Å²) in [4.78, 5) is 77.7. The normalized spacial score (nSPS) is 14.8. The Labute approximate surface area is 451 Å². The lowest BCUT2D eigenvalue weighted by Crippen LogP contribution is -2.76. The van der Waals surface area contributed by atoms with Crippen LogP contribution in [-0.2, 0) is 66.9 Å². The first-order valence-electron chi connectivity index (χ1n) is 23.1. The molecule has 420 valence electrons. The number of hydrogen-bond acceptors (Lipinski definition) is 9. The predicted octanol–water partition coefficient (Wildman–Crippen LogP) is 11.2. The summed E-state index contributed by atoms with van der Waals surface area (Å²) in [5, 5.41) is 2.52. The van der Waals surface area contributed by atoms with E-state index in [1.807, 2.05) is 0 Å². The van der Waals surface area contributed by atoms with Crippen LogP contribution in [0.25, 0.3) is 0 Å². The quantitative estimate of drug-likeness (QED) is 0.0742. The number of halogens is 13. The van der Waals surface area contributed by atoms with Gasteiger partial charge in [0.05, 0.1) is 43.2 Å². The van der Waals surface area contributed by atoms with Crippen molar-refractivity contribution in [3.05, 3.63) is 142 Å². The largest absolute Gasteiger partial charge is 0.444 e. The molecule has 0 bridgehead atoms. The number of nitrogens with zero attached hydrogens (tertiary/aromatic N) is 3. The summed E-state index contributed by atoms with van der Waals surface area (Å²) in [5.74, 6) is -5.92. The predicted molar refractivity (Wildman–Crippen MR) is 264 cm³/mol. The zero-order valence-corrected chi connectivity index (χ0v) is 44.4. The number of ether oxygens (including phenoxy) is 2. The van der Waals surface area contributed by atoms with Crippen LogP contribution in [0.3, 0.4) is 0 Å². The van der Waals surface area contributed by atoms with Crippen LogP contribution >= 0.6 is 34.8 Å². The van der Waals surface area contributed by atoms with E-state index >= 15 is 0 Å². The molecule has 4 aromatic carbocycles. The molecular weight excluding hydrogens is 1100 g/mol. The average Bonchev–Trinajstić information content (AvgIpc) is 3.28. The summed E-state index contributed by atoms with van der Waals surface area (Å²) in [7, 11) is 0. The van der Waals surface area contributed by atoms with Crippen molar-refractivity contribution in [2.75, 3.05) is 37.9 Å². The number of Topliss-reactive ketones (excluding diaryl/α,β-unsaturated/α-hetero) is 2. The Balaban J connectivity index is 0.000000307. The maximum atomic E-state index is 14.3. The van der Waals surface area contributed by atoms with Gasteiger partial charge >= 0.3 is 24.5 Å². The van der Waals surface area contributed by atoms with Gasteiger partial charge in [-0.25, -0.2) is 27.2 Å². The Bertz CT molecular complexity index is 2760. The maximum Gasteiger partial charge on any atom is 0.416 e. The Hall–Kier alpha value is -5.97. The lowest BCUT2D eigenvalue weighted by molar-refractivity contribution is -0.157. The van der Waals surface area contributed by atoms with Gasteiger partial charge in [-0.2, -0.15) is 26.3 Å². The second kappa shape index (κ2) is 25.7. The maximum absolute atomic E-state index is 14.3. The summed E-state index contributed by atoms with van der Waals surface area (Å²) in [6.07, 6.45) is -11.3. The third-order valence-corrected chi connectivity index (χ3v) is 12.2. The highest BCUT2D eigenvalue weighted by Gasteiger charge is 2.57. The van der Waals surface area contributed by atoms with Gasteiger partial charge in [-0.15, -0.1) is 23.2 Å². The van der Waals surface area contributed by atoms with Gasteiger partial charge in [-0.3, -0.25) is 24.5 Å². The molecule has 0 unspecified atom stereocenters. The molecule has 77 heavy (non-hydrogen) atoms. The molecule has 2 heterocycles. The molecule has 0 atom stereocenters. The second-order valence-electron chi connectivity index (χ2n) is 19.8. The van der Waals surface area contributed by atoms with Gasteiger partial charge in [0.25, 0.3) is 0 Å². The lowest BCUT2D eigenvalue weighted by Gasteiger charge is -2.54. The van der Waals surface area contributed by atoms with Gasteiger partial charge in [0.15, 0.2) is 11.6 Å². The number of nitrogens with one attached hydrogen (secondary N) is 1. The third-order valence-electron chi connectivity index (χ3n) is 11.5. The molecule has 0 radical (unpaired) electrons. The molecule has 0 saturated carbocycles. The summed E-state index contributed by atoms with van der Waals surface area (Å²) in [5.41, 5.74) is -5.59. The van der Waals surface area contributed by atoms with Gasteiger partial charge in [0, 0.05) is 38.1 Å². The molecule has 2 aliphatic heterocycles. The van der Waals surface area contributed by atoms with Crippen molar-refractivity contribution >= 4 is 69.7 Å². The molecule has 6 rings (SSSR count). The molecule has 1 N–H and O–H groups in total. The zero-order chi connectivity index (χ0) is 58.1. The average molecular weight is 1160 g/mol. The molecule has 4 aromatic rings. The van der Waals surface area contributed by atoms with Gasteiger partial charge in [-0.1, -0.05) is 36.4 Å². The van der Waals surface area contributed by atoms with Crippen molar-refractivity contribution in [2.24, 2.45) is 0 Å². The molecule has 3 amide bonds. The van der Waals surface area contributed by atoms with E-state index in [4.69, 9.17) is 44.3 Å². The number of carbonyl (C=O) groups excluding carboxylic acids is 6. The molecule has 2 fully saturated rings. The summed E-state index contributed by atoms with van der Waals surface area (Å²) < 4.78 is 143. The highest BCUT2D eigenvalue weighted by molar-refractivity contribution is 6.67. The van der Waals surface area contributed by atoms with Crippen molar-refractivity contribution in [3.8, 4) is 0 Å². The number of carbonyl (C=O) groups is 6. The van der Waals surface area contributed by atoms with Crippen LogP contribution in [0.15, 0.2) is 84.9 Å². The molecule has 0 spiro atoms. The first-order valence-corrected chi connectivity index (χ1v) is 24.5. The molecule has 0 aliphatic carbocycles. The van der Waals surface area contributed by atoms with Crippen LogP contribution in [-0.4, -0.2) is 110 Å². The smallest absolute Gasteiger partial charge is 0.416 e. The van der Waals surface area contributed by atoms with Crippen LogP contribution in [0.2, 0.25) is 0 Å². The summed E-state index contributed by atoms with van der Waals surface area (Å²) in [6, 6.07) is 14.1. The number of alkyl halides is 8. The van der Waals surface area contributed by atoms with E-state index in [1.165, 1.54) is 40.1 Å². The van der Waals surface area contributed by atoms with Gasteiger partial charge in [0.1, 0.15) is 51.4 Å². The van der Waals surface area contributed by atoms with Crippen LogP contribution < -0.4 is 5.32 Å². The second-order valence-corrected chi connectivity index (χ2v) is 20.8. The van der Waals surface area contributed by atoms with Gasteiger partial charge in [-0.05, 0) is 112 Å². The molecule has 0 aromatic heterocycles. The first kappa shape index (κ1) is 63.6. The minimum Gasteiger partial charge on any atom is -0.444 e. The van der Waals surface area contributed by atoms with Crippen LogP contribution in [0.1, 0.15) is 74.9 Å². The number of hydrogen-bond donors (Lipinski definition) is 1. The van der Waals surface area contributed by atoms with Crippen molar-refractivity contribution in [3.63, 3.8) is 0 Å². The lowest BCUT2D eigenvalue weighted by atomic mass is 9.80. The van der Waals surface area contributed by atoms with E-state index < -0.39 is 116 Å². The summed E-state index contributed by atoms with van der Waals surface area (Å²) in [6.45, 7) is 9.02. The Morgan fingerprint density at radius 1 is 0.584 bits per heavy atom. The number of rotatable bonds is 14. The van der Waals surface area contributed by atoms with E-state index in [9.17, 15) is 72.7 Å². The van der Waals surface area contributed by atoms with Crippen molar-refractivity contribution in [1.82, 2.24) is 20.0 Å². The van der Waals surface area contributed by atoms with E-state index in [2.05, 4.69) is 5.32 Å². The van der Waals surface area contributed by atoms with Crippen LogP contribution in [0, 0.1) is 23.3 Å². The van der Waals surface area contributed by atoms with Crippen molar-refractivity contribution < 1.29 is 82.1 Å². The van der Waals surface area contributed by atoms with E-state index in [1.54, 1.807) is 41.5 Å².